The first-order valence-electron chi connectivity index (χ1n) is 14.9. The van der Waals surface area contributed by atoms with Crippen molar-refractivity contribution in [2.24, 2.45) is 11.5 Å². The number of carboxylic acid groups (broad SMARTS) is 1. The van der Waals surface area contributed by atoms with E-state index in [1.165, 1.54) is 12.5 Å². The fourth-order valence-electron chi connectivity index (χ4n) is 5.07. The third kappa shape index (κ3) is 9.49. The Morgan fingerprint density at radius 3 is 2.16 bits per heavy atom. The Hall–Kier alpha value is -5.01. The lowest BCUT2D eigenvalue weighted by atomic mass is 10.0. The van der Waals surface area contributed by atoms with Crippen molar-refractivity contribution in [1.82, 2.24) is 30.9 Å². The number of carboxylic acids is 1. The average Bonchev–Trinajstić information content (AvgIpc) is 3.70. The Morgan fingerprint density at radius 2 is 1.47 bits per heavy atom. The number of carbonyl (C=O) groups is 4. The van der Waals surface area contributed by atoms with Gasteiger partial charge in [-0.2, -0.15) is 0 Å². The number of nitrogens with zero attached hydrogens (tertiary/aromatic N) is 1. The molecule has 0 fully saturated rings. The van der Waals surface area contributed by atoms with Crippen molar-refractivity contribution in [3.63, 3.8) is 0 Å². The number of aromatic nitrogens is 3. The number of unbranched alkanes of at least 4 members (excludes halogenated alkanes) is 1. The van der Waals surface area contributed by atoms with Gasteiger partial charge in [-0.25, -0.2) is 9.78 Å². The molecule has 13 heteroatoms. The van der Waals surface area contributed by atoms with Crippen molar-refractivity contribution in [1.29, 1.82) is 0 Å². The summed E-state index contributed by atoms with van der Waals surface area (Å²) in [5.41, 5.74) is 14.6. The number of carbonyl (C=O) groups excluding carboxylic acids is 3. The van der Waals surface area contributed by atoms with Crippen LogP contribution < -0.4 is 27.4 Å². The Morgan fingerprint density at radius 1 is 0.800 bits per heavy atom. The molecule has 4 aromatic rings. The van der Waals surface area contributed by atoms with Gasteiger partial charge in [0, 0.05) is 48.3 Å². The molecule has 4 unspecified atom stereocenters. The molecular formula is C32H40N8O5. The van der Waals surface area contributed by atoms with Gasteiger partial charge in [0.25, 0.3) is 0 Å². The second kappa shape index (κ2) is 16.2. The first-order valence-corrected chi connectivity index (χ1v) is 14.9. The summed E-state index contributed by atoms with van der Waals surface area (Å²) >= 11 is 0. The first kappa shape index (κ1) is 32.9. The van der Waals surface area contributed by atoms with Crippen LogP contribution in [-0.2, 0) is 38.4 Å². The van der Waals surface area contributed by atoms with Gasteiger partial charge >= 0.3 is 5.97 Å². The number of amides is 3. The van der Waals surface area contributed by atoms with Gasteiger partial charge in [-0.3, -0.25) is 14.4 Å². The molecule has 0 saturated heterocycles. The van der Waals surface area contributed by atoms with Crippen LogP contribution in [0.15, 0.2) is 73.3 Å². The molecule has 45 heavy (non-hydrogen) atoms. The zero-order valence-electron chi connectivity index (χ0n) is 24.9. The number of rotatable bonds is 17. The third-order valence-corrected chi connectivity index (χ3v) is 7.55. The SMILES string of the molecule is NCCCCC(N)C(=O)NC(Cc1c[nH]c2ccccc12)C(=O)NC(Cc1cnc[nH]1)C(=O)NC(Cc1ccccc1)C(=O)O. The molecule has 0 spiro atoms. The van der Waals surface area contributed by atoms with Crippen LogP contribution in [0.3, 0.4) is 0 Å². The molecule has 238 valence electrons. The second-order valence-electron chi connectivity index (χ2n) is 10.9. The van der Waals surface area contributed by atoms with Gasteiger partial charge in [0.05, 0.1) is 12.4 Å². The minimum absolute atomic E-state index is 0.00159. The molecule has 0 aliphatic heterocycles. The smallest absolute Gasteiger partial charge is 0.326 e. The van der Waals surface area contributed by atoms with Gasteiger partial charge in [-0.05, 0) is 36.6 Å². The number of fused-ring (bicyclic) bond motifs is 1. The second-order valence-corrected chi connectivity index (χ2v) is 10.9. The standard InChI is InChI=1S/C32H40N8O5/c33-13-7-6-11-24(34)29(41)38-26(15-21-17-36-25-12-5-4-10-23(21)25)30(42)39-27(16-22-18-35-19-37-22)31(43)40-28(32(44)45)14-20-8-2-1-3-9-20/h1-5,8-10,12,17-19,24,26-28,36H,6-7,11,13-16,33-34H2,(H,35,37)(H,38,41)(H,39,42)(H,40,43)(H,44,45). The van der Waals surface area contributed by atoms with E-state index in [0.717, 1.165) is 22.0 Å². The number of hydrogen-bond donors (Lipinski definition) is 8. The van der Waals surface area contributed by atoms with Crippen LogP contribution in [-0.4, -0.2) is 74.5 Å². The molecule has 0 aliphatic rings. The van der Waals surface area contributed by atoms with Crippen LogP contribution in [0.1, 0.15) is 36.1 Å². The van der Waals surface area contributed by atoms with E-state index in [-0.39, 0.29) is 19.3 Å². The van der Waals surface area contributed by atoms with Crippen molar-refractivity contribution in [2.75, 3.05) is 6.54 Å². The number of nitrogens with two attached hydrogens (primary N) is 2. The minimum atomic E-state index is -1.24. The van der Waals surface area contributed by atoms with E-state index < -0.39 is 47.9 Å². The van der Waals surface area contributed by atoms with E-state index >= 15 is 0 Å². The maximum absolute atomic E-state index is 13.9. The zero-order valence-corrected chi connectivity index (χ0v) is 24.9. The molecule has 2 heterocycles. The number of aromatic amines is 2. The average molecular weight is 617 g/mol. The quantitative estimate of drug-likeness (QED) is 0.0795. The molecule has 0 radical (unpaired) electrons. The topological polar surface area (TPSA) is 221 Å². The molecule has 4 rings (SSSR count). The summed E-state index contributed by atoms with van der Waals surface area (Å²) in [5.74, 6) is -3.04. The van der Waals surface area contributed by atoms with Gasteiger partial charge in [-0.15, -0.1) is 0 Å². The normalized spacial score (nSPS) is 13.8. The third-order valence-electron chi connectivity index (χ3n) is 7.55. The number of aliphatic carboxylic acids is 1. The number of H-pyrrole nitrogens is 2. The van der Waals surface area contributed by atoms with E-state index in [2.05, 4.69) is 30.9 Å². The lowest BCUT2D eigenvalue weighted by Gasteiger charge is -2.25. The minimum Gasteiger partial charge on any atom is -0.480 e. The number of nitrogens with one attached hydrogen (secondary N) is 5. The molecule has 0 aliphatic carbocycles. The maximum atomic E-state index is 13.9. The summed E-state index contributed by atoms with van der Waals surface area (Å²) in [4.78, 5) is 62.7. The maximum Gasteiger partial charge on any atom is 0.326 e. The van der Waals surface area contributed by atoms with E-state index in [4.69, 9.17) is 11.5 Å². The lowest BCUT2D eigenvalue weighted by molar-refractivity contribution is -0.142. The number of imidazole rings is 1. The summed E-state index contributed by atoms with van der Waals surface area (Å²) in [6, 6.07) is 12.1. The van der Waals surface area contributed by atoms with Crippen LogP contribution in [0, 0.1) is 0 Å². The predicted molar refractivity (Wildman–Crippen MR) is 169 cm³/mol. The number of benzene rings is 2. The monoisotopic (exact) mass is 616 g/mol. The van der Waals surface area contributed by atoms with Gasteiger partial charge < -0.3 is 42.5 Å². The Balaban J connectivity index is 1.55. The van der Waals surface area contributed by atoms with Gasteiger partial charge in [0.2, 0.25) is 17.7 Å². The van der Waals surface area contributed by atoms with E-state index in [1.54, 1.807) is 30.5 Å². The summed E-state index contributed by atoms with van der Waals surface area (Å²) in [5, 5.41) is 18.8. The fraction of sp³-hybridized carbons (Fsp3) is 0.344. The molecule has 4 atom stereocenters. The van der Waals surface area contributed by atoms with Crippen LogP contribution in [0.4, 0.5) is 0 Å². The van der Waals surface area contributed by atoms with Crippen molar-refractivity contribution < 1.29 is 24.3 Å². The molecule has 3 amide bonds. The van der Waals surface area contributed by atoms with Crippen molar-refractivity contribution in [3.05, 3.63) is 90.1 Å². The molecule has 2 aromatic carbocycles. The molecule has 13 nitrogen and oxygen atoms in total. The van der Waals surface area contributed by atoms with Crippen molar-refractivity contribution in [3.8, 4) is 0 Å². The van der Waals surface area contributed by atoms with E-state index in [0.29, 0.717) is 31.5 Å². The van der Waals surface area contributed by atoms with E-state index in [9.17, 15) is 24.3 Å². The fourth-order valence-corrected chi connectivity index (χ4v) is 5.07. The van der Waals surface area contributed by atoms with Crippen LogP contribution in [0.5, 0.6) is 0 Å². The zero-order chi connectivity index (χ0) is 32.2. The van der Waals surface area contributed by atoms with Gasteiger partial charge in [-0.1, -0.05) is 55.0 Å². The Labute approximate surface area is 260 Å². The predicted octanol–water partition coefficient (Wildman–Crippen LogP) is 0.914. The molecule has 0 saturated carbocycles. The molecular weight excluding hydrogens is 576 g/mol. The van der Waals surface area contributed by atoms with Crippen LogP contribution >= 0.6 is 0 Å². The highest BCUT2D eigenvalue weighted by Gasteiger charge is 2.31. The molecule has 2 aromatic heterocycles. The van der Waals surface area contributed by atoms with Crippen molar-refractivity contribution in [2.45, 2.75) is 62.7 Å². The van der Waals surface area contributed by atoms with Gasteiger partial charge in [0.15, 0.2) is 0 Å². The Kier molecular flexibility index (Phi) is 11.8. The van der Waals surface area contributed by atoms with Gasteiger partial charge in [0.1, 0.15) is 18.1 Å². The highest BCUT2D eigenvalue weighted by molar-refractivity contribution is 5.95. The number of para-hydroxylation sites is 1. The van der Waals surface area contributed by atoms with Crippen LogP contribution in [0.25, 0.3) is 10.9 Å². The first-order chi connectivity index (χ1) is 21.7. The summed E-state index contributed by atoms with van der Waals surface area (Å²) in [6.07, 6.45) is 6.65. The van der Waals surface area contributed by atoms with Crippen molar-refractivity contribution >= 4 is 34.6 Å². The lowest BCUT2D eigenvalue weighted by Crippen LogP contribution is -2.58. The number of hydrogen-bond acceptors (Lipinski definition) is 7. The largest absolute Gasteiger partial charge is 0.480 e. The summed E-state index contributed by atoms with van der Waals surface area (Å²) in [6.45, 7) is 0.480. The van der Waals surface area contributed by atoms with Crippen LogP contribution in [0.2, 0.25) is 0 Å². The molecule has 10 N–H and O–H groups in total. The Bertz CT molecular complexity index is 1560. The molecule has 0 bridgehead atoms. The summed E-state index contributed by atoms with van der Waals surface area (Å²) in [7, 11) is 0. The van der Waals surface area contributed by atoms with E-state index in [1.807, 2.05) is 30.3 Å². The highest BCUT2D eigenvalue weighted by atomic mass is 16.4. The highest BCUT2D eigenvalue weighted by Crippen LogP contribution is 2.19. The summed E-state index contributed by atoms with van der Waals surface area (Å²) < 4.78 is 0.